The molecular formula is C13H16N4O2. The molecule has 0 spiro atoms. The number of hydrogen-bond donors (Lipinski definition) is 1. The highest BCUT2D eigenvalue weighted by Crippen LogP contribution is 1.99. The molecule has 2 heterocycles. The second kappa shape index (κ2) is 5.09. The van der Waals surface area contributed by atoms with Crippen molar-refractivity contribution >= 4 is 5.69 Å². The number of aromatic nitrogens is 3. The van der Waals surface area contributed by atoms with Crippen LogP contribution in [0.5, 0.6) is 0 Å². The Morgan fingerprint density at radius 1 is 1.21 bits per heavy atom. The Morgan fingerprint density at radius 2 is 1.95 bits per heavy atom. The lowest BCUT2D eigenvalue weighted by atomic mass is 10.3. The third-order valence-electron chi connectivity index (χ3n) is 2.92. The van der Waals surface area contributed by atoms with Crippen LogP contribution in [0.3, 0.4) is 0 Å². The molecule has 0 radical (unpaired) electrons. The van der Waals surface area contributed by atoms with Crippen LogP contribution in [0.1, 0.15) is 11.4 Å². The maximum Gasteiger partial charge on any atom is 0.348 e. The number of nitrogens with zero attached hydrogens (tertiary/aromatic N) is 3. The number of nitrogen functional groups attached to an aromatic ring is 1. The fourth-order valence-corrected chi connectivity index (χ4v) is 1.98. The van der Waals surface area contributed by atoms with Crippen molar-refractivity contribution in [3.05, 3.63) is 56.6 Å². The van der Waals surface area contributed by atoms with Gasteiger partial charge < -0.3 is 10.3 Å². The van der Waals surface area contributed by atoms with Gasteiger partial charge >= 0.3 is 5.69 Å². The minimum absolute atomic E-state index is 0.139. The SMILES string of the molecule is Cc1cc(C)n(CCn2cc(N)ccc2=O)c(=O)n1. The van der Waals surface area contributed by atoms with Crippen LogP contribution in [0.25, 0.3) is 0 Å². The Balaban J connectivity index is 2.26. The topological polar surface area (TPSA) is 82.9 Å². The van der Waals surface area contributed by atoms with Gasteiger partial charge in [-0.25, -0.2) is 4.79 Å². The summed E-state index contributed by atoms with van der Waals surface area (Å²) < 4.78 is 3.03. The molecule has 100 valence electrons. The third kappa shape index (κ3) is 2.90. The average molecular weight is 260 g/mol. The van der Waals surface area contributed by atoms with Crippen LogP contribution in [0, 0.1) is 13.8 Å². The molecule has 0 atom stereocenters. The van der Waals surface area contributed by atoms with Crippen molar-refractivity contribution in [2.24, 2.45) is 0 Å². The number of aryl methyl sites for hydroxylation is 3. The van der Waals surface area contributed by atoms with Gasteiger partial charge in [0.05, 0.1) is 0 Å². The molecule has 2 rings (SSSR count). The molecular weight excluding hydrogens is 244 g/mol. The molecule has 0 bridgehead atoms. The minimum atomic E-state index is -0.297. The molecule has 2 aromatic rings. The van der Waals surface area contributed by atoms with Gasteiger partial charge in [0.1, 0.15) is 0 Å². The first-order valence-electron chi connectivity index (χ1n) is 5.98. The Labute approximate surface area is 110 Å². The van der Waals surface area contributed by atoms with Crippen LogP contribution in [0.15, 0.2) is 34.0 Å². The summed E-state index contributed by atoms with van der Waals surface area (Å²) in [6, 6.07) is 4.81. The van der Waals surface area contributed by atoms with E-state index in [-0.39, 0.29) is 11.2 Å². The monoisotopic (exact) mass is 260 g/mol. The quantitative estimate of drug-likeness (QED) is 0.860. The first kappa shape index (κ1) is 13.1. The summed E-state index contributed by atoms with van der Waals surface area (Å²) in [5.74, 6) is 0. The molecule has 0 unspecified atom stereocenters. The smallest absolute Gasteiger partial charge is 0.348 e. The summed E-state index contributed by atoms with van der Waals surface area (Å²) in [5, 5.41) is 0. The summed E-state index contributed by atoms with van der Waals surface area (Å²) in [7, 11) is 0. The van der Waals surface area contributed by atoms with Crippen molar-refractivity contribution in [3.8, 4) is 0 Å². The molecule has 6 heteroatoms. The first-order valence-corrected chi connectivity index (χ1v) is 5.98. The Bertz CT molecular complexity index is 715. The molecule has 0 aromatic carbocycles. The van der Waals surface area contributed by atoms with E-state index in [1.807, 2.05) is 13.0 Å². The van der Waals surface area contributed by atoms with Crippen LogP contribution in [-0.2, 0) is 13.1 Å². The van der Waals surface area contributed by atoms with E-state index in [0.717, 1.165) is 5.69 Å². The van der Waals surface area contributed by atoms with Crippen LogP contribution in [0.4, 0.5) is 5.69 Å². The van der Waals surface area contributed by atoms with Gasteiger partial charge in [0.25, 0.3) is 5.56 Å². The third-order valence-corrected chi connectivity index (χ3v) is 2.92. The number of pyridine rings is 1. The predicted molar refractivity (Wildman–Crippen MR) is 73.1 cm³/mol. The predicted octanol–water partition coefficient (Wildman–Crippen LogP) is 0.304. The molecule has 0 aliphatic carbocycles. The van der Waals surface area contributed by atoms with Crippen molar-refractivity contribution in [1.82, 2.24) is 14.1 Å². The summed E-state index contributed by atoms with van der Waals surface area (Å²) in [4.78, 5) is 27.3. The van der Waals surface area contributed by atoms with E-state index in [2.05, 4.69) is 4.98 Å². The van der Waals surface area contributed by atoms with Crippen molar-refractivity contribution < 1.29 is 0 Å². The molecule has 0 aliphatic rings. The van der Waals surface area contributed by atoms with E-state index >= 15 is 0 Å². The summed E-state index contributed by atoms with van der Waals surface area (Å²) >= 11 is 0. The Hall–Kier alpha value is -2.37. The maximum atomic E-state index is 11.8. The fraction of sp³-hybridized carbons (Fsp3) is 0.308. The Morgan fingerprint density at radius 3 is 2.63 bits per heavy atom. The molecule has 0 aliphatic heterocycles. The van der Waals surface area contributed by atoms with Crippen LogP contribution in [-0.4, -0.2) is 14.1 Å². The molecule has 6 nitrogen and oxygen atoms in total. The zero-order valence-corrected chi connectivity index (χ0v) is 11.0. The highest BCUT2D eigenvalue weighted by Gasteiger charge is 2.04. The number of hydrogen-bond acceptors (Lipinski definition) is 4. The molecule has 19 heavy (non-hydrogen) atoms. The second-order valence-electron chi connectivity index (χ2n) is 4.47. The molecule has 2 aromatic heterocycles. The van der Waals surface area contributed by atoms with E-state index in [1.165, 1.54) is 10.6 Å². The largest absolute Gasteiger partial charge is 0.398 e. The average Bonchev–Trinajstić information content (AvgIpc) is 2.32. The van der Waals surface area contributed by atoms with E-state index in [0.29, 0.717) is 24.5 Å². The summed E-state index contributed by atoms with van der Waals surface area (Å²) in [5.41, 5.74) is 7.24. The standard InChI is InChI=1S/C13H16N4O2/c1-9-7-10(2)17(13(19)15-9)6-5-16-8-11(14)3-4-12(16)18/h3-4,7-8H,5-6,14H2,1-2H3. The molecule has 0 saturated heterocycles. The van der Waals surface area contributed by atoms with Crippen LogP contribution >= 0.6 is 0 Å². The van der Waals surface area contributed by atoms with Crippen molar-refractivity contribution in [3.63, 3.8) is 0 Å². The first-order chi connectivity index (χ1) is 8.97. The lowest BCUT2D eigenvalue weighted by Crippen LogP contribution is -2.29. The molecule has 0 fully saturated rings. The zero-order valence-electron chi connectivity index (χ0n) is 11.0. The maximum absolute atomic E-state index is 11.8. The van der Waals surface area contributed by atoms with E-state index < -0.39 is 0 Å². The van der Waals surface area contributed by atoms with Gasteiger partial charge in [0.15, 0.2) is 0 Å². The molecule has 0 saturated carbocycles. The van der Waals surface area contributed by atoms with E-state index in [4.69, 9.17) is 5.73 Å². The molecule has 2 N–H and O–H groups in total. The summed E-state index contributed by atoms with van der Waals surface area (Å²) in [6.45, 7) is 4.40. The van der Waals surface area contributed by atoms with Gasteiger partial charge in [0.2, 0.25) is 0 Å². The van der Waals surface area contributed by atoms with Gasteiger partial charge in [-0.2, -0.15) is 4.98 Å². The highest BCUT2D eigenvalue weighted by atomic mass is 16.1. The van der Waals surface area contributed by atoms with E-state index in [1.54, 1.807) is 23.8 Å². The van der Waals surface area contributed by atoms with Crippen molar-refractivity contribution in [2.75, 3.05) is 5.73 Å². The van der Waals surface area contributed by atoms with E-state index in [9.17, 15) is 9.59 Å². The van der Waals surface area contributed by atoms with Gasteiger partial charge in [-0.1, -0.05) is 0 Å². The van der Waals surface area contributed by atoms with Gasteiger partial charge in [0, 0.05) is 42.4 Å². The number of rotatable bonds is 3. The highest BCUT2D eigenvalue weighted by molar-refractivity contribution is 5.33. The van der Waals surface area contributed by atoms with Gasteiger partial charge in [-0.3, -0.25) is 9.36 Å². The fourth-order valence-electron chi connectivity index (χ4n) is 1.98. The second-order valence-corrected chi connectivity index (χ2v) is 4.47. The summed E-state index contributed by atoms with van der Waals surface area (Å²) in [6.07, 6.45) is 1.57. The minimum Gasteiger partial charge on any atom is -0.398 e. The van der Waals surface area contributed by atoms with Crippen molar-refractivity contribution in [1.29, 1.82) is 0 Å². The number of nitrogens with two attached hydrogens (primary N) is 1. The number of anilines is 1. The van der Waals surface area contributed by atoms with Gasteiger partial charge in [-0.15, -0.1) is 0 Å². The Kier molecular flexibility index (Phi) is 3.50. The normalized spacial score (nSPS) is 10.6. The van der Waals surface area contributed by atoms with Crippen LogP contribution in [0.2, 0.25) is 0 Å². The lowest BCUT2D eigenvalue weighted by molar-refractivity contribution is 0.533. The van der Waals surface area contributed by atoms with Gasteiger partial charge in [-0.05, 0) is 26.0 Å². The zero-order chi connectivity index (χ0) is 14.0. The molecule has 0 amide bonds. The van der Waals surface area contributed by atoms with Crippen LogP contribution < -0.4 is 17.0 Å². The van der Waals surface area contributed by atoms with Crippen molar-refractivity contribution in [2.45, 2.75) is 26.9 Å². The lowest BCUT2D eigenvalue weighted by Gasteiger charge is -2.11.